The van der Waals surface area contributed by atoms with Gasteiger partial charge in [-0.1, -0.05) is 36.4 Å². The Morgan fingerprint density at radius 1 is 0.640 bits per heavy atom. The highest BCUT2D eigenvalue weighted by Crippen LogP contribution is 2.30. The third kappa shape index (κ3) is 21.1. The molecule has 530 valence electrons. The van der Waals surface area contributed by atoms with Crippen molar-refractivity contribution >= 4 is 110 Å². The van der Waals surface area contributed by atoms with Crippen molar-refractivity contribution in [1.29, 1.82) is 0 Å². The molecule has 0 radical (unpaired) electrons. The Morgan fingerprint density at radius 3 is 1.85 bits per heavy atom. The van der Waals surface area contributed by atoms with Gasteiger partial charge in [-0.25, -0.2) is 13.8 Å². The number of primary amides is 1. The number of hydrogen-bond donors (Lipinski definition) is 13. The number of thioether (sulfide) groups is 2. The number of phenolic OH excluding ortho intramolecular Hbond substituents is 1. The lowest BCUT2D eigenvalue weighted by atomic mass is 9.89. The number of aromatic hydroxyl groups is 1. The molecule has 0 aliphatic carbocycles. The smallest absolute Gasteiger partial charge is 0.305 e. The number of aromatic amines is 3. The highest BCUT2D eigenvalue weighted by molar-refractivity contribution is 7.98. The lowest BCUT2D eigenvalue weighted by molar-refractivity contribution is -0.143. The summed E-state index contributed by atoms with van der Waals surface area (Å²) >= 11 is 2.89. The maximum Gasteiger partial charge on any atom is 0.305 e. The average molecular weight is 1410 g/mol. The number of H-pyrrole nitrogens is 3. The molecule has 100 heavy (non-hydrogen) atoms. The summed E-state index contributed by atoms with van der Waals surface area (Å²) in [6.07, 6.45) is 4.23. The predicted molar refractivity (Wildman–Crippen MR) is 369 cm³/mol. The third-order valence-corrected chi connectivity index (χ3v) is 19.8. The van der Waals surface area contributed by atoms with Crippen molar-refractivity contribution in [2.24, 2.45) is 23.3 Å². The topological polar surface area (TPSA) is 416 Å². The van der Waals surface area contributed by atoms with Crippen molar-refractivity contribution < 1.29 is 71.7 Å². The third-order valence-electron chi connectivity index (χ3n) is 17.6. The van der Waals surface area contributed by atoms with E-state index in [1.54, 1.807) is 12.1 Å². The monoisotopic (exact) mass is 1410 g/mol. The van der Waals surface area contributed by atoms with Gasteiger partial charge in [0.2, 0.25) is 47.3 Å². The molecule has 3 aromatic heterocycles. The standard InChI is InChI=1S/C70H81F2N13O13S2/c71-46-12-16-52-50(27-46)43(31-76-52)23-56-67(95)83-57(24-44-32-77-53-17-13-47(72)28-51(44)53)68(96)84-58(30-64(91)92)69(97)82-55(29-48-33-75-38-79-48)60(87)25-42(22-39-10-14-49(86)15-11-39)70(98)85-20-3-5-59(85)61(88)26-45(65(74)93)37-100-36-41-8-6-40(7-9-41)35-99-21-18-62(89)80-54(4-1-2-19-73)66(94)78-34-63(90)81-56/h6-17,27-28,31-33,38,42,45,54-59,76-77,86H,1-5,18-26,29-30,34-37,73H2,(H2,74,93)(H,75,79)(H,78,94)(H,80,89)(H,81,90)(H,82,97)(H,83,95)(H,84,96)(H,91,92)/t42-,45+,54+,55+,56+,57+,58+,59+/m1/s1. The lowest BCUT2D eigenvalue weighted by Crippen LogP contribution is -2.59. The number of carboxylic acid groups (broad SMARTS) is 1. The number of aromatic nitrogens is 4. The van der Waals surface area contributed by atoms with Gasteiger partial charge in [0.05, 0.1) is 37.3 Å². The molecule has 4 aromatic carbocycles. The molecule has 0 saturated carbocycles. The number of nitrogens with two attached hydrogens (primary N) is 2. The number of nitrogens with one attached hydrogen (secondary N) is 9. The van der Waals surface area contributed by atoms with Gasteiger partial charge in [-0.2, -0.15) is 23.5 Å². The van der Waals surface area contributed by atoms with Crippen LogP contribution >= 0.6 is 23.5 Å². The quantitative estimate of drug-likeness (QED) is 0.0510. The van der Waals surface area contributed by atoms with Crippen LogP contribution in [-0.2, 0) is 89.9 Å². The molecule has 3 aliphatic heterocycles. The molecule has 7 aromatic rings. The summed E-state index contributed by atoms with van der Waals surface area (Å²) in [7, 11) is 0. The fourth-order valence-corrected chi connectivity index (χ4v) is 14.3. The molecule has 2 bridgehead atoms. The van der Waals surface area contributed by atoms with E-state index in [0.717, 1.165) is 11.1 Å². The minimum absolute atomic E-state index is 0.0347. The maximum atomic E-state index is 15.1. The molecule has 1 saturated heterocycles. The highest BCUT2D eigenvalue weighted by atomic mass is 32.2. The first-order valence-corrected chi connectivity index (χ1v) is 35.2. The molecule has 6 heterocycles. The number of amides is 8. The Labute approximate surface area is 582 Å². The van der Waals surface area contributed by atoms with Gasteiger partial charge in [0.1, 0.15) is 41.6 Å². The summed E-state index contributed by atoms with van der Waals surface area (Å²) in [4.78, 5) is 171. The average Bonchev–Trinajstić information content (AvgIpc) is 1.65. The summed E-state index contributed by atoms with van der Waals surface area (Å²) in [6, 6.07) is 12.2. The van der Waals surface area contributed by atoms with Crippen LogP contribution in [0, 0.1) is 23.5 Å². The second-order valence-electron chi connectivity index (χ2n) is 25.1. The van der Waals surface area contributed by atoms with E-state index in [9.17, 15) is 52.6 Å². The number of rotatable bonds is 15. The molecule has 15 N–H and O–H groups in total. The summed E-state index contributed by atoms with van der Waals surface area (Å²) in [5.41, 5.74) is 15.8. The van der Waals surface area contributed by atoms with E-state index in [4.69, 9.17) is 11.5 Å². The second-order valence-corrected chi connectivity index (χ2v) is 27.2. The van der Waals surface area contributed by atoms with Gasteiger partial charge in [0.15, 0.2) is 11.6 Å². The zero-order valence-electron chi connectivity index (χ0n) is 54.7. The molecular formula is C70H81F2N13O13S2. The number of ketones is 2. The van der Waals surface area contributed by atoms with Gasteiger partial charge < -0.3 is 73.4 Å². The van der Waals surface area contributed by atoms with Crippen LogP contribution in [0.5, 0.6) is 5.75 Å². The molecule has 3 aliphatic rings. The molecule has 8 atom stereocenters. The van der Waals surface area contributed by atoms with Crippen LogP contribution in [-0.4, -0.2) is 167 Å². The summed E-state index contributed by atoms with van der Waals surface area (Å²) in [6.45, 7) is -0.306. The van der Waals surface area contributed by atoms with Crippen LogP contribution in [0.25, 0.3) is 21.8 Å². The van der Waals surface area contributed by atoms with E-state index < -0.39 is 150 Å². The number of carbonyl (C=O) groups is 11. The molecule has 30 heteroatoms. The normalized spacial score (nSPS) is 22.2. The molecule has 10 rings (SSSR count). The molecule has 8 amide bonds. The Kier molecular flexibility index (Phi) is 26.5. The predicted octanol–water partition coefficient (Wildman–Crippen LogP) is 3.97. The van der Waals surface area contributed by atoms with Gasteiger partial charge in [-0.15, -0.1) is 0 Å². The number of nitrogens with zero attached hydrogens (tertiary/aromatic N) is 2. The molecule has 0 spiro atoms. The van der Waals surface area contributed by atoms with Gasteiger partial charge in [0.25, 0.3) is 0 Å². The first-order chi connectivity index (χ1) is 48.1. The van der Waals surface area contributed by atoms with Crippen molar-refractivity contribution in [1.82, 2.24) is 56.7 Å². The molecule has 0 unspecified atom stereocenters. The van der Waals surface area contributed by atoms with Crippen LogP contribution in [0.1, 0.15) is 91.3 Å². The number of aliphatic carboxylic acids is 1. The van der Waals surface area contributed by atoms with E-state index in [0.29, 0.717) is 76.3 Å². The number of unbranched alkanes of at least 4 members (excludes halogenated alkanes) is 1. The van der Waals surface area contributed by atoms with Crippen LogP contribution in [0.3, 0.4) is 0 Å². The second kappa shape index (κ2) is 35.7. The van der Waals surface area contributed by atoms with Gasteiger partial charge in [-0.3, -0.25) is 52.7 Å². The highest BCUT2D eigenvalue weighted by Gasteiger charge is 2.41. The van der Waals surface area contributed by atoms with Crippen LogP contribution in [0.15, 0.2) is 110 Å². The number of hydrogen-bond acceptors (Lipinski definition) is 16. The van der Waals surface area contributed by atoms with Crippen LogP contribution in [0.4, 0.5) is 8.78 Å². The van der Waals surface area contributed by atoms with E-state index in [1.807, 2.05) is 24.3 Å². The zero-order valence-corrected chi connectivity index (χ0v) is 56.3. The number of fused-ring (bicyclic) bond motifs is 34. The van der Waals surface area contributed by atoms with Crippen LogP contribution in [0.2, 0.25) is 0 Å². The number of halogens is 2. The van der Waals surface area contributed by atoms with Gasteiger partial charge in [0, 0.05) is 120 Å². The number of imidazole rings is 1. The van der Waals surface area contributed by atoms with E-state index in [2.05, 4.69) is 51.8 Å². The van der Waals surface area contributed by atoms with Gasteiger partial charge in [-0.05, 0) is 121 Å². The molecule has 26 nitrogen and oxygen atoms in total. The lowest BCUT2D eigenvalue weighted by Gasteiger charge is -2.30. The Balaban J connectivity index is 1.04. The van der Waals surface area contributed by atoms with E-state index in [-0.39, 0.29) is 73.9 Å². The Morgan fingerprint density at radius 2 is 1.24 bits per heavy atom. The van der Waals surface area contributed by atoms with Crippen molar-refractivity contribution in [3.05, 3.63) is 155 Å². The van der Waals surface area contributed by atoms with E-state index in [1.165, 1.54) is 102 Å². The first kappa shape index (κ1) is 74.3. The summed E-state index contributed by atoms with van der Waals surface area (Å²) in [5, 5.41) is 36.7. The molecule has 1 fully saturated rings. The largest absolute Gasteiger partial charge is 0.508 e. The van der Waals surface area contributed by atoms with Gasteiger partial charge >= 0.3 is 5.97 Å². The zero-order chi connectivity index (χ0) is 71.4. The maximum absolute atomic E-state index is 15.1. The van der Waals surface area contributed by atoms with Crippen molar-refractivity contribution in [3.8, 4) is 5.75 Å². The number of Topliss-reactive ketones (excluding diaryl/α,β-unsaturated/α-hetero) is 2. The van der Waals surface area contributed by atoms with E-state index >= 15 is 19.2 Å². The Hall–Kier alpha value is -9.94. The molecular weight excluding hydrogens is 1330 g/mol. The summed E-state index contributed by atoms with van der Waals surface area (Å²) in [5.74, 6) is -11.4. The van der Waals surface area contributed by atoms with Crippen LogP contribution < -0.4 is 43.4 Å². The van der Waals surface area contributed by atoms with Crippen molar-refractivity contribution in [2.75, 3.05) is 31.1 Å². The number of benzene rings is 4. The minimum Gasteiger partial charge on any atom is -0.508 e. The minimum atomic E-state index is -2.01. The van der Waals surface area contributed by atoms with Crippen molar-refractivity contribution in [2.45, 2.75) is 131 Å². The van der Waals surface area contributed by atoms with Crippen molar-refractivity contribution in [3.63, 3.8) is 0 Å². The number of phenols is 1. The summed E-state index contributed by atoms with van der Waals surface area (Å²) < 4.78 is 29.8. The fourth-order valence-electron chi connectivity index (χ4n) is 12.3. The Bertz CT molecular complexity index is 4080. The SMILES string of the molecule is NCCCC[C@@H]1NC(=O)CCSCc2ccc(cc2)CSC[C@@H](C(N)=O)CC(=O)[C@@H]2CCCN2C(=O)[C@H](Cc2ccc(O)cc2)CC(=O)[C@H](Cc2cnc[nH]2)NC(=O)[C@H](CC(=O)O)NC(=O)[C@H](Cc2c[nH]c3ccc(F)cc23)NC(=O)[C@H](Cc2c[nH]c3ccc(F)cc23)NC(=O)CNC1=O. The fraction of sp³-hybridized carbons (Fsp3) is 0.400. The first-order valence-electron chi connectivity index (χ1n) is 32.9. The number of carboxylic acids is 1. The number of carbonyl (C=O) groups excluding carboxylic acids is 10.